The van der Waals surface area contributed by atoms with Gasteiger partial charge in [-0.1, -0.05) is 0 Å². The first-order valence-electron chi connectivity index (χ1n) is 5.93. The van der Waals surface area contributed by atoms with Crippen LogP contribution in [0.4, 0.5) is 14.5 Å². The number of aromatic hydroxyl groups is 1. The molecule has 0 radical (unpaired) electrons. The number of methoxy groups -OCH3 is 1. The van der Waals surface area contributed by atoms with Crippen LogP contribution in [0.15, 0.2) is 23.2 Å². The van der Waals surface area contributed by atoms with Crippen LogP contribution < -0.4 is 0 Å². The molecule has 0 aliphatic heterocycles. The highest BCUT2D eigenvalue weighted by Gasteiger charge is 2.20. The third kappa shape index (κ3) is 2.91. The number of ether oxygens (including phenoxy) is 1. The molecule has 21 heavy (non-hydrogen) atoms. The van der Waals surface area contributed by atoms with E-state index in [1.807, 2.05) is 0 Å². The second-order valence-electron chi connectivity index (χ2n) is 4.23. The van der Waals surface area contributed by atoms with Gasteiger partial charge < -0.3 is 14.8 Å². The van der Waals surface area contributed by atoms with E-state index in [2.05, 4.69) is 14.7 Å². The molecule has 2 aromatic rings. The number of halogens is 2. The van der Waals surface area contributed by atoms with E-state index in [1.165, 1.54) is 7.11 Å². The minimum absolute atomic E-state index is 0.0723. The average Bonchev–Trinajstić information content (AvgIpc) is 2.71. The fraction of sp³-hybridized carbons (Fsp3) is 0.143. The molecule has 1 aromatic heterocycles. The van der Waals surface area contributed by atoms with Crippen LogP contribution in [0, 0.1) is 18.6 Å². The summed E-state index contributed by atoms with van der Waals surface area (Å²) >= 11 is 0. The molecule has 0 aliphatic carbocycles. The lowest BCUT2D eigenvalue weighted by molar-refractivity contribution is 0.0600. The topological polar surface area (TPSA) is 74.7 Å². The van der Waals surface area contributed by atoms with Crippen molar-refractivity contribution in [3.05, 3.63) is 46.7 Å². The molecule has 0 spiro atoms. The number of esters is 1. The van der Waals surface area contributed by atoms with Crippen molar-refractivity contribution in [2.24, 2.45) is 4.99 Å². The van der Waals surface area contributed by atoms with Crippen molar-refractivity contribution in [1.82, 2.24) is 4.98 Å². The zero-order chi connectivity index (χ0) is 15.6. The van der Waals surface area contributed by atoms with Crippen molar-refractivity contribution in [2.75, 3.05) is 7.11 Å². The first-order chi connectivity index (χ1) is 9.93. The Kier molecular flexibility index (Phi) is 4.02. The molecule has 2 rings (SSSR count). The fourth-order valence-corrected chi connectivity index (χ4v) is 1.84. The number of carbonyl (C=O) groups is 1. The van der Waals surface area contributed by atoms with Crippen LogP contribution in [-0.4, -0.2) is 29.4 Å². The fourth-order valence-electron chi connectivity index (χ4n) is 1.84. The number of benzene rings is 1. The molecule has 7 heteroatoms. The summed E-state index contributed by atoms with van der Waals surface area (Å²) in [5, 5.41) is 9.74. The quantitative estimate of drug-likeness (QED) is 0.675. The van der Waals surface area contributed by atoms with Crippen LogP contribution in [0.3, 0.4) is 0 Å². The number of H-pyrrole nitrogens is 1. The van der Waals surface area contributed by atoms with Crippen LogP contribution in [0.5, 0.6) is 5.88 Å². The third-order valence-corrected chi connectivity index (χ3v) is 2.84. The normalized spacial score (nSPS) is 11.0. The average molecular weight is 294 g/mol. The van der Waals surface area contributed by atoms with E-state index in [1.54, 1.807) is 6.92 Å². The van der Waals surface area contributed by atoms with Crippen molar-refractivity contribution in [3.8, 4) is 5.88 Å². The molecule has 5 nitrogen and oxygen atoms in total. The maximum Gasteiger partial charge on any atom is 0.340 e. The number of nitrogens with zero attached hydrogens (tertiary/aromatic N) is 1. The predicted molar refractivity (Wildman–Crippen MR) is 72.1 cm³/mol. The Bertz CT molecular complexity index is 723. The molecular formula is C14H12F2N2O3. The molecule has 2 N–H and O–H groups in total. The Hall–Kier alpha value is -2.70. The molecule has 0 saturated carbocycles. The number of aromatic nitrogens is 1. The van der Waals surface area contributed by atoms with Crippen molar-refractivity contribution in [3.63, 3.8) is 0 Å². The van der Waals surface area contributed by atoms with E-state index in [-0.39, 0.29) is 22.7 Å². The smallest absolute Gasteiger partial charge is 0.340 e. The minimum Gasteiger partial charge on any atom is -0.494 e. The molecule has 1 heterocycles. The molecule has 1 aromatic carbocycles. The van der Waals surface area contributed by atoms with Gasteiger partial charge in [0.05, 0.1) is 23.9 Å². The Morgan fingerprint density at radius 2 is 2.14 bits per heavy atom. The van der Waals surface area contributed by atoms with Crippen LogP contribution in [0.2, 0.25) is 0 Å². The van der Waals surface area contributed by atoms with Crippen molar-refractivity contribution in [1.29, 1.82) is 0 Å². The van der Waals surface area contributed by atoms with E-state index in [0.717, 1.165) is 18.3 Å². The highest BCUT2D eigenvalue weighted by Crippen LogP contribution is 2.25. The highest BCUT2D eigenvalue weighted by molar-refractivity contribution is 6.02. The lowest BCUT2D eigenvalue weighted by atomic mass is 10.1. The van der Waals surface area contributed by atoms with Crippen LogP contribution in [-0.2, 0) is 4.74 Å². The van der Waals surface area contributed by atoms with Gasteiger partial charge in [-0.2, -0.15) is 0 Å². The molecule has 0 amide bonds. The first-order valence-corrected chi connectivity index (χ1v) is 5.93. The number of aromatic amines is 1. The third-order valence-electron chi connectivity index (χ3n) is 2.84. The Morgan fingerprint density at radius 3 is 2.76 bits per heavy atom. The van der Waals surface area contributed by atoms with Crippen molar-refractivity contribution < 1.29 is 23.4 Å². The van der Waals surface area contributed by atoms with Gasteiger partial charge in [0.25, 0.3) is 0 Å². The van der Waals surface area contributed by atoms with Crippen LogP contribution in [0.25, 0.3) is 0 Å². The summed E-state index contributed by atoms with van der Waals surface area (Å²) in [6.45, 7) is 1.57. The maximum absolute atomic E-state index is 13.5. The van der Waals surface area contributed by atoms with Gasteiger partial charge in [-0.05, 0) is 19.1 Å². The van der Waals surface area contributed by atoms with Gasteiger partial charge in [-0.3, -0.25) is 4.99 Å². The summed E-state index contributed by atoms with van der Waals surface area (Å²) in [6.07, 6.45) is 1.11. The summed E-state index contributed by atoms with van der Waals surface area (Å²) in [7, 11) is 1.20. The van der Waals surface area contributed by atoms with Gasteiger partial charge in [0.2, 0.25) is 0 Å². The SMILES string of the molecule is COC(=O)c1c(C)[nH]c(O)c1C=Nc1ccc(F)cc1F. The monoisotopic (exact) mass is 294 g/mol. The standard InChI is InChI=1S/C14H12F2N2O3/c1-7-12(14(20)21-2)9(13(19)18-7)6-17-11-4-3-8(15)5-10(11)16/h3-6,18-19H,1-2H3. The van der Waals surface area contributed by atoms with Gasteiger partial charge >= 0.3 is 5.97 Å². The molecular weight excluding hydrogens is 282 g/mol. The van der Waals surface area contributed by atoms with Crippen LogP contribution in [0.1, 0.15) is 21.6 Å². The van der Waals surface area contributed by atoms with Gasteiger partial charge in [0.15, 0.2) is 11.7 Å². The second kappa shape index (κ2) is 5.74. The molecule has 0 bridgehead atoms. The zero-order valence-electron chi connectivity index (χ0n) is 11.3. The van der Waals surface area contributed by atoms with E-state index in [0.29, 0.717) is 11.8 Å². The van der Waals surface area contributed by atoms with E-state index >= 15 is 0 Å². The van der Waals surface area contributed by atoms with Gasteiger partial charge in [0, 0.05) is 18.0 Å². The summed E-state index contributed by atoms with van der Waals surface area (Å²) in [6, 6.07) is 2.89. The summed E-state index contributed by atoms with van der Waals surface area (Å²) < 4.78 is 30.9. The van der Waals surface area contributed by atoms with Crippen molar-refractivity contribution in [2.45, 2.75) is 6.92 Å². The second-order valence-corrected chi connectivity index (χ2v) is 4.23. The molecule has 110 valence electrons. The summed E-state index contributed by atoms with van der Waals surface area (Å²) in [5.74, 6) is -2.52. The highest BCUT2D eigenvalue weighted by atomic mass is 19.1. The van der Waals surface area contributed by atoms with E-state index in [9.17, 15) is 18.7 Å². The Labute approximate surface area is 118 Å². The molecule has 0 atom stereocenters. The van der Waals surface area contributed by atoms with Crippen molar-refractivity contribution >= 4 is 17.9 Å². The number of aryl methyl sites for hydroxylation is 1. The first kappa shape index (κ1) is 14.7. The lowest BCUT2D eigenvalue weighted by Gasteiger charge is -2.00. The number of hydrogen-bond donors (Lipinski definition) is 2. The summed E-state index contributed by atoms with van der Waals surface area (Å²) in [4.78, 5) is 18.0. The number of rotatable bonds is 3. The lowest BCUT2D eigenvalue weighted by Crippen LogP contribution is -2.04. The van der Waals surface area contributed by atoms with Gasteiger partial charge in [-0.15, -0.1) is 0 Å². The van der Waals surface area contributed by atoms with E-state index < -0.39 is 17.6 Å². The molecule has 0 aliphatic rings. The predicted octanol–water partition coefficient (Wildman–Crippen LogP) is 2.84. The number of hydrogen-bond acceptors (Lipinski definition) is 4. The van der Waals surface area contributed by atoms with E-state index in [4.69, 9.17) is 0 Å². The minimum atomic E-state index is -0.849. The summed E-state index contributed by atoms with van der Waals surface area (Å²) in [5.41, 5.74) is 0.440. The Morgan fingerprint density at radius 1 is 1.43 bits per heavy atom. The number of aliphatic imine (C=N–C) groups is 1. The van der Waals surface area contributed by atoms with Gasteiger partial charge in [-0.25, -0.2) is 13.6 Å². The Balaban J connectivity index is 2.43. The molecule has 0 fully saturated rings. The largest absolute Gasteiger partial charge is 0.494 e. The van der Waals surface area contributed by atoms with Gasteiger partial charge in [0.1, 0.15) is 5.82 Å². The molecule has 0 unspecified atom stereocenters. The maximum atomic E-state index is 13.5. The van der Waals surface area contributed by atoms with Crippen LogP contribution >= 0.6 is 0 Å². The number of carbonyl (C=O) groups excluding carboxylic acids is 1. The molecule has 0 saturated heterocycles. The number of nitrogens with one attached hydrogen (secondary N) is 1. The zero-order valence-corrected chi connectivity index (χ0v) is 11.3.